The molecule has 0 saturated heterocycles. The fraction of sp³-hybridized carbons (Fsp3) is 0.571. The fourth-order valence-electron chi connectivity index (χ4n) is 4.03. The number of nitrogens with two attached hydrogens (primary N) is 1. The van der Waals surface area contributed by atoms with Crippen molar-refractivity contribution in [2.45, 2.75) is 90.4 Å². The number of unbranched alkanes of at least 4 members (excludes halogenated alkanes) is 1. The molecule has 0 heterocycles. The Bertz CT molecular complexity index is 1010. The van der Waals surface area contributed by atoms with Crippen LogP contribution in [0.2, 0.25) is 0 Å². The van der Waals surface area contributed by atoms with Gasteiger partial charge in [0.15, 0.2) is 0 Å². The first-order valence-corrected chi connectivity index (χ1v) is 12.8. The number of hydrogen-bond acceptors (Lipinski definition) is 5. The summed E-state index contributed by atoms with van der Waals surface area (Å²) in [4.78, 5) is 53.3. The van der Waals surface area contributed by atoms with Crippen molar-refractivity contribution >= 4 is 23.8 Å². The maximum atomic E-state index is 14.0. The number of nitrogens with zero attached hydrogens (tertiary/aromatic N) is 1. The Morgan fingerprint density at radius 1 is 1.22 bits per heavy atom. The molecule has 4 atom stereocenters. The van der Waals surface area contributed by atoms with Gasteiger partial charge in [-0.1, -0.05) is 38.3 Å². The second-order valence-corrected chi connectivity index (χ2v) is 10.5. The van der Waals surface area contributed by atoms with Crippen LogP contribution in [0.4, 0.5) is 4.79 Å². The van der Waals surface area contributed by atoms with Crippen molar-refractivity contribution in [1.82, 2.24) is 15.5 Å². The van der Waals surface area contributed by atoms with Gasteiger partial charge >= 0.3 is 6.09 Å². The summed E-state index contributed by atoms with van der Waals surface area (Å²) in [7, 11) is 0. The quantitative estimate of drug-likeness (QED) is 0.293. The molecule has 0 radical (unpaired) electrons. The van der Waals surface area contributed by atoms with Crippen LogP contribution in [0.15, 0.2) is 24.3 Å². The van der Waals surface area contributed by atoms with E-state index in [2.05, 4.69) is 16.6 Å². The smallest absolute Gasteiger partial charge is 0.408 e. The summed E-state index contributed by atoms with van der Waals surface area (Å²) in [6, 6.07) is 4.68. The van der Waals surface area contributed by atoms with Gasteiger partial charge in [0.05, 0.1) is 0 Å². The van der Waals surface area contributed by atoms with Gasteiger partial charge in [-0.3, -0.25) is 14.4 Å². The molecule has 1 saturated carbocycles. The highest BCUT2D eigenvalue weighted by atomic mass is 16.6. The van der Waals surface area contributed by atoms with Gasteiger partial charge in [-0.15, -0.1) is 6.42 Å². The Morgan fingerprint density at radius 2 is 1.84 bits per heavy atom. The molecule has 4 N–H and O–H groups in total. The molecule has 9 heteroatoms. The molecule has 0 aliphatic heterocycles. The lowest BCUT2D eigenvalue weighted by atomic mass is 10.00. The average molecular weight is 513 g/mol. The molecular weight excluding hydrogens is 472 g/mol. The second-order valence-electron chi connectivity index (χ2n) is 10.5. The average Bonchev–Trinajstić information content (AvgIpc) is 3.54. The molecule has 0 spiro atoms. The van der Waals surface area contributed by atoms with E-state index in [1.165, 1.54) is 0 Å². The lowest BCUT2D eigenvalue weighted by molar-refractivity contribution is -0.143. The van der Waals surface area contributed by atoms with E-state index in [0.717, 1.165) is 12.8 Å². The summed E-state index contributed by atoms with van der Waals surface area (Å²) in [6.07, 6.45) is 6.98. The predicted molar refractivity (Wildman–Crippen MR) is 141 cm³/mol. The molecule has 4 amide bonds. The Hall–Kier alpha value is -3.54. The number of carbonyl (C=O) groups is 4. The number of carbonyl (C=O) groups excluding carboxylic acids is 4. The van der Waals surface area contributed by atoms with Gasteiger partial charge in [0.1, 0.15) is 17.7 Å². The number of alkyl carbamates (subject to hydrolysis) is 1. The van der Waals surface area contributed by atoms with Crippen molar-refractivity contribution < 1.29 is 23.9 Å². The fourth-order valence-corrected chi connectivity index (χ4v) is 4.03. The van der Waals surface area contributed by atoms with Gasteiger partial charge < -0.3 is 26.0 Å². The highest BCUT2D eigenvalue weighted by Gasteiger charge is 2.48. The van der Waals surface area contributed by atoms with Crippen LogP contribution in [-0.2, 0) is 19.1 Å². The van der Waals surface area contributed by atoms with Crippen molar-refractivity contribution in [3.05, 3.63) is 35.4 Å². The topological polar surface area (TPSA) is 131 Å². The van der Waals surface area contributed by atoms with Crippen molar-refractivity contribution in [1.29, 1.82) is 0 Å². The first kappa shape index (κ1) is 29.7. The zero-order valence-electron chi connectivity index (χ0n) is 22.5. The number of amides is 4. The number of rotatable bonds is 12. The van der Waals surface area contributed by atoms with Crippen LogP contribution in [0.25, 0.3) is 0 Å². The van der Waals surface area contributed by atoms with Crippen molar-refractivity contribution in [3.63, 3.8) is 0 Å². The maximum Gasteiger partial charge on any atom is 0.408 e. The molecule has 0 aromatic heterocycles. The van der Waals surface area contributed by atoms with Crippen LogP contribution in [-0.4, -0.2) is 52.9 Å². The summed E-state index contributed by atoms with van der Waals surface area (Å²) >= 11 is 0. The van der Waals surface area contributed by atoms with Crippen molar-refractivity contribution in [2.24, 2.45) is 11.7 Å². The first-order chi connectivity index (χ1) is 17.4. The SMILES string of the molecule is C#Cc1ccc(C(C(=O)NCCCC)N(C(=O)C(CCC(N)=O)NC(=O)OC(C)(C)C)C2CC2C)cc1. The summed E-state index contributed by atoms with van der Waals surface area (Å²) in [5.41, 5.74) is 5.82. The second kappa shape index (κ2) is 13.1. The van der Waals surface area contributed by atoms with Gasteiger partial charge in [-0.05, 0) is 63.6 Å². The molecule has 1 fully saturated rings. The molecule has 0 bridgehead atoms. The minimum Gasteiger partial charge on any atom is -0.444 e. The Morgan fingerprint density at radius 3 is 2.32 bits per heavy atom. The van der Waals surface area contributed by atoms with E-state index in [-0.39, 0.29) is 30.7 Å². The maximum absolute atomic E-state index is 14.0. The number of hydrogen-bond donors (Lipinski definition) is 3. The molecule has 4 unspecified atom stereocenters. The van der Waals surface area contributed by atoms with Crippen LogP contribution in [0.3, 0.4) is 0 Å². The third kappa shape index (κ3) is 9.12. The third-order valence-electron chi connectivity index (χ3n) is 6.10. The van der Waals surface area contributed by atoms with Crippen molar-refractivity contribution in [2.75, 3.05) is 6.54 Å². The zero-order chi connectivity index (χ0) is 27.8. The van der Waals surface area contributed by atoms with Gasteiger partial charge in [0.2, 0.25) is 17.7 Å². The highest BCUT2D eigenvalue weighted by Crippen LogP contribution is 2.41. The molecule has 37 heavy (non-hydrogen) atoms. The number of ether oxygens (including phenoxy) is 1. The van der Waals surface area contributed by atoms with Crippen LogP contribution >= 0.6 is 0 Å². The van der Waals surface area contributed by atoms with Gasteiger partial charge in [0, 0.05) is 24.6 Å². The van der Waals surface area contributed by atoms with E-state index in [0.29, 0.717) is 24.1 Å². The largest absolute Gasteiger partial charge is 0.444 e. The number of nitrogens with one attached hydrogen (secondary N) is 2. The summed E-state index contributed by atoms with van der Waals surface area (Å²) in [5.74, 6) is 1.33. The number of primary amides is 1. The number of terminal acetylenes is 1. The van der Waals surface area contributed by atoms with E-state index >= 15 is 0 Å². The summed E-state index contributed by atoms with van der Waals surface area (Å²) in [6.45, 7) is 9.62. The summed E-state index contributed by atoms with van der Waals surface area (Å²) in [5, 5.41) is 5.55. The minimum absolute atomic E-state index is 0.0226. The molecule has 1 aromatic rings. The monoisotopic (exact) mass is 512 g/mol. The van der Waals surface area contributed by atoms with Crippen LogP contribution in [0.1, 0.15) is 83.9 Å². The highest BCUT2D eigenvalue weighted by molar-refractivity contribution is 5.93. The minimum atomic E-state index is -1.11. The zero-order valence-corrected chi connectivity index (χ0v) is 22.5. The molecule has 1 aromatic carbocycles. The molecule has 9 nitrogen and oxygen atoms in total. The summed E-state index contributed by atoms with van der Waals surface area (Å²) < 4.78 is 5.35. The molecule has 1 aliphatic rings. The van der Waals surface area contributed by atoms with E-state index in [1.54, 1.807) is 49.9 Å². The van der Waals surface area contributed by atoms with Gasteiger partial charge in [0.25, 0.3) is 0 Å². The predicted octanol–water partition coefficient (Wildman–Crippen LogP) is 3.02. The lowest BCUT2D eigenvalue weighted by Crippen LogP contribution is -2.54. The Kier molecular flexibility index (Phi) is 10.5. The normalized spacial score (nSPS) is 18.1. The standard InChI is InChI=1S/C28H40N4O5/c1-7-9-16-30-25(34)24(20-12-10-19(8-2)11-13-20)32(22-17-18(22)3)26(35)21(14-15-23(29)33)31-27(36)37-28(4,5)6/h2,10-13,18,21-22,24H,7,9,14-17H2,1,3-6H3,(H2,29,33)(H,30,34)(H,31,36). The molecule has 202 valence electrons. The first-order valence-electron chi connectivity index (χ1n) is 12.8. The Labute approximate surface area is 219 Å². The van der Waals surface area contributed by atoms with E-state index in [1.807, 2.05) is 13.8 Å². The van der Waals surface area contributed by atoms with Crippen molar-refractivity contribution in [3.8, 4) is 12.3 Å². The Balaban J connectivity index is 2.47. The van der Waals surface area contributed by atoms with Crippen LogP contribution in [0.5, 0.6) is 0 Å². The lowest BCUT2D eigenvalue weighted by Gasteiger charge is -2.35. The molecule has 1 aliphatic carbocycles. The van der Waals surface area contributed by atoms with Gasteiger partial charge in [-0.2, -0.15) is 0 Å². The van der Waals surface area contributed by atoms with E-state index in [9.17, 15) is 19.2 Å². The third-order valence-corrected chi connectivity index (χ3v) is 6.10. The van der Waals surface area contributed by atoms with Crippen LogP contribution in [0, 0.1) is 18.3 Å². The number of benzene rings is 1. The molecule has 2 rings (SSSR count). The van der Waals surface area contributed by atoms with Gasteiger partial charge in [-0.25, -0.2) is 4.79 Å². The van der Waals surface area contributed by atoms with E-state index < -0.39 is 35.6 Å². The molecular formula is C28H40N4O5. The van der Waals surface area contributed by atoms with Crippen LogP contribution < -0.4 is 16.4 Å². The van der Waals surface area contributed by atoms with E-state index in [4.69, 9.17) is 16.9 Å².